The highest BCUT2D eigenvalue weighted by Gasteiger charge is 2.70. The first kappa shape index (κ1) is 14.1. The Bertz CT molecular complexity index is 895. The highest BCUT2D eigenvalue weighted by atomic mass is 16.5. The molecule has 1 spiro atoms. The van der Waals surface area contributed by atoms with Crippen molar-refractivity contribution in [2.45, 2.75) is 49.3 Å². The largest absolute Gasteiger partial charge is 0.508 e. The van der Waals surface area contributed by atoms with E-state index in [1.165, 1.54) is 17.6 Å². The fourth-order valence-corrected chi connectivity index (χ4v) is 7.49. The van der Waals surface area contributed by atoms with E-state index in [2.05, 4.69) is 22.1 Å². The Kier molecular flexibility index (Phi) is 2.32. The molecule has 5 heteroatoms. The zero-order valence-electron chi connectivity index (χ0n) is 14.6. The summed E-state index contributed by atoms with van der Waals surface area (Å²) in [7, 11) is 0. The van der Waals surface area contributed by atoms with Crippen LogP contribution < -0.4 is 4.90 Å². The van der Waals surface area contributed by atoms with Crippen LogP contribution in [0.3, 0.4) is 0 Å². The van der Waals surface area contributed by atoms with Crippen molar-refractivity contribution in [3.05, 3.63) is 35.5 Å². The second-order valence-electron chi connectivity index (χ2n) is 8.94. The molecule has 1 aliphatic carbocycles. The van der Waals surface area contributed by atoms with Crippen molar-refractivity contribution in [2.24, 2.45) is 11.8 Å². The van der Waals surface area contributed by atoms with Crippen molar-refractivity contribution in [3.63, 3.8) is 0 Å². The first-order chi connectivity index (χ1) is 12.7. The number of fused-ring (bicyclic) bond motifs is 2. The zero-order valence-corrected chi connectivity index (χ0v) is 14.6. The molecule has 4 fully saturated rings. The fraction of sp³-hybridized carbons (Fsp3) is 0.571. The molecule has 0 aromatic heterocycles. The number of aromatic hydroxyl groups is 1. The topological polar surface area (TPSA) is 53.0 Å². The maximum Gasteiger partial charge on any atom is 0.229 e. The van der Waals surface area contributed by atoms with E-state index in [0.717, 1.165) is 31.7 Å². The molecule has 1 saturated carbocycles. The number of ether oxygens (including phenoxy) is 1. The first-order valence-electron chi connectivity index (χ1n) is 9.92. The van der Waals surface area contributed by atoms with Crippen molar-refractivity contribution < 1.29 is 14.6 Å². The maximum absolute atomic E-state index is 13.2. The van der Waals surface area contributed by atoms with E-state index in [-0.39, 0.29) is 29.2 Å². The van der Waals surface area contributed by atoms with Crippen LogP contribution in [-0.4, -0.2) is 47.3 Å². The van der Waals surface area contributed by atoms with Crippen LogP contribution in [0.1, 0.15) is 31.2 Å². The molecule has 1 N–H and O–H groups in total. The third-order valence-electron chi connectivity index (χ3n) is 8.24. The number of hydrogen-bond acceptors (Lipinski definition) is 4. The third-order valence-corrected chi connectivity index (χ3v) is 8.24. The molecule has 1 amide bonds. The summed E-state index contributed by atoms with van der Waals surface area (Å²) in [6.07, 6.45) is 6.24. The number of anilines is 1. The average Bonchev–Trinajstić information content (AvgIpc) is 3.08. The molecule has 5 aliphatic heterocycles. The lowest BCUT2D eigenvalue weighted by Crippen LogP contribution is -2.68. The summed E-state index contributed by atoms with van der Waals surface area (Å²) in [6, 6.07) is 6.36. The minimum Gasteiger partial charge on any atom is -0.508 e. The van der Waals surface area contributed by atoms with Crippen LogP contribution in [0.5, 0.6) is 5.75 Å². The summed E-state index contributed by atoms with van der Waals surface area (Å²) >= 11 is 0. The van der Waals surface area contributed by atoms with Crippen LogP contribution in [0.15, 0.2) is 30.0 Å². The highest BCUT2D eigenvalue weighted by Crippen LogP contribution is 2.66. The lowest BCUT2D eigenvalue weighted by atomic mass is 9.54. The maximum atomic E-state index is 13.2. The van der Waals surface area contributed by atoms with Gasteiger partial charge in [0.1, 0.15) is 5.75 Å². The zero-order chi connectivity index (χ0) is 17.2. The summed E-state index contributed by atoms with van der Waals surface area (Å²) < 4.78 is 6.26. The Morgan fingerprint density at radius 3 is 3.15 bits per heavy atom. The predicted molar refractivity (Wildman–Crippen MR) is 94.8 cm³/mol. The molecule has 7 rings (SSSR count). The minimum atomic E-state index is -0.00569. The van der Waals surface area contributed by atoms with E-state index >= 15 is 0 Å². The van der Waals surface area contributed by atoms with Crippen molar-refractivity contribution in [1.82, 2.24) is 4.90 Å². The minimum absolute atomic E-state index is 0.00569. The van der Waals surface area contributed by atoms with Crippen LogP contribution in [-0.2, 0) is 14.9 Å². The SMILES string of the molecule is O=C1C[C@@H]2OCCC3=CN4CC[C@]56c7ccc(O)cc7N1[C@H]5[C@H]2[C@H]3C[C@H]46. The molecular weight excluding hydrogens is 328 g/mol. The number of benzene rings is 1. The van der Waals surface area contributed by atoms with E-state index in [1.807, 2.05) is 6.07 Å². The molecule has 0 unspecified atom stereocenters. The summed E-state index contributed by atoms with van der Waals surface area (Å²) in [5.41, 5.74) is 3.77. The van der Waals surface area contributed by atoms with Gasteiger partial charge in [0.05, 0.1) is 30.9 Å². The number of rotatable bonds is 0. The van der Waals surface area contributed by atoms with Gasteiger partial charge in [-0.2, -0.15) is 0 Å². The Hall–Kier alpha value is -2.01. The van der Waals surface area contributed by atoms with E-state index in [9.17, 15) is 9.90 Å². The number of phenolic OH excluding ortho intramolecular Hbond substituents is 1. The number of carbonyl (C=O) groups is 1. The van der Waals surface area contributed by atoms with Gasteiger partial charge in [0.25, 0.3) is 0 Å². The average molecular weight is 350 g/mol. The van der Waals surface area contributed by atoms with Crippen LogP contribution in [0, 0.1) is 11.8 Å². The van der Waals surface area contributed by atoms with E-state index in [4.69, 9.17) is 4.74 Å². The number of phenols is 1. The Balaban J connectivity index is 1.55. The van der Waals surface area contributed by atoms with Gasteiger partial charge in [0.2, 0.25) is 5.91 Å². The van der Waals surface area contributed by atoms with Crippen LogP contribution in [0.4, 0.5) is 5.69 Å². The number of carbonyl (C=O) groups excluding carboxylic acids is 1. The number of nitrogens with zero attached hydrogens (tertiary/aromatic N) is 2. The van der Waals surface area contributed by atoms with Crippen molar-refractivity contribution in [2.75, 3.05) is 18.1 Å². The van der Waals surface area contributed by atoms with E-state index < -0.39 is 0 Å². The third kappa shape index (κ3) is 1.34. The molecule has 6 aliphatic rings. The summed E-state index contributed by atoms with van der Waals surface area (Å²) in [5.74, 6) is 1.35. The van der Waals surface area contributed by atoms with E-state index in [1.54, 1.807) is 6.07 Å². The predicted octanol–water partition coefficient (Wildman–Crippen LogP) is 2.15. The molecule has 0 radical (unpaired) electrons. The molecule has 5 heterocycles. The number of piperidine rings is 1. The van der Waals surface area contributed by atoms with Crippen molar-refractivity contribution >= 4 is 11.6 Å². The fourth-order valence-electron chi connectivity index (χ4n) is 7.49. The second-order valence-corrected chi connectivity index (χ2v) is 8.94. The molecule has 26 heavy (non-hydrogen) atoms. The van der Waals surface area contributed by atoms with Crippen molar-refractivity contribution in [3.8, 4) is 5.75 Å². The van der Waals surface area contributed by atoms with Gasteiger partial charge in [-0.3, -0.25) is 4.79 Å². The normalized spacial score (nSPS) is 43.9. The Morgan fingerprint density at radius 2 is 2.23 bits per heavy atom. The number of amides is 1. The summed E-state index contributed by atoms with van der Waals surface area (Å²) in [4.78, 5) is 17.8. The standard InChI is InChI=1S/C21H22N2O3/c24-12-1-2-14-15(7-12)23-18(25)9-16-19-13-8-17-21(14,20(19)23)4-5-22(17)10-11(13)3-6-26-16/h1-2,7,10,13,16-17,19-20,24H,3-6,8-9H2/t13-,16-,17-,19-,20-,21+/m0/s1. The van der Waals surface area contributed by atoms with Gasteiger partial charge in [-0.15, -0.1) is 0 Å². The van der Waals surface area contributed by atoms with Gasteiger partial charge in [0.15, 0.2) is 0 Å². The molecule has 5 nitrogen and oxygen atoms in total. The van der Waals surface area contributed by atoms with Gasteiger partial charge in [-0.05, 0) is 48.6 Å². The van der Waals surface area contributed by atoms with Gasteiger partial charge in [-0.1, -0.05) is 6.07 Å². The second kappa shape index (κ2) is 4.28. The molecule has 134 valence electrons. The molecule has 1 aromatic rings. The van der Waals surface area contributed by atoms with Crippen LogP contribution in [0.25, 0.3) is 0 Å². The highest BCUT2D eigenvalue weighted by molar-refractivity contribution is 5.99. The van der Waals surface area contributed by atoms with Gasteiger partial charge in [-0.25, -0.2) is 0 Å². The van der Waals surface area contributed by atoms with Crippen LogP contribution >= 0.6 is 0 Å². The molecule has 6 atom stereocenters. The Labute approximate surface area is 152 Å². The molecular formula is C21H22N2O3. The summed E-state index contributed by atoms with van der Waals surface area (Å²) in [5, 5.41) is 10.1. The molecule has 2 bridgehead atoms. The molecule has 1 aromatic carbocycles. The Morgan fingerprint density at radius 1 is 1.31 bits per heavy atom. The van der Waals surface area contributed by atoms with Gasteiger partial charge < -0.3 is 19.6 Å². The van der Waals surface area contributed by atoms with Gasteiger partial charge >= 0.3 is 0 Å². The monoisotopic (exact) mass is 350 g/mol. The molecule has 3 saturated heterocycles. The van der Waals surface area contributed by atoms with Crippen molar-refractivity contribution in [1.29, 1.82) is 0 Å². The van der Waals surface area contributed by atoms with Gasteiger partial charge in [0, 0.05) is 30.0 Å². The first-order valence-corrected chi connectivity index (χ1v) is 9.92. The van der Waals surface area contributed by atoms with E-state index in [0.29, 0.717) is 24.3 Å². The van der Waals surface area contributed by atoms with Crippen LogP contribution in [0.2, 0.25) is 0 Å². The lowest BCUT2D eigenvalue weighted by molar-refractivity contribution is -0.131. The quantitative estimate of drug-likeness (QED) is 0.779. The number of hydrogen-bond donors (Lipinski definition) is 1. The summed E-state index contributed by atoms with van der Waals surface area (Å²) in [6.45, 7) is 1.81. The lowest BCUT2D eigenvalue weighted by Gasteiger charge is -2.57. The smallest absolute Gasteiger partial charge is 0.229 e.